The van der Waals surface area contributed by atoms with Crippen molar-refractivity contribution in [2.75, 3.05) is 6.61 Å². The van der Waals surface area contributed by atoms with Crippen molar-refractivity contribution in [3.05, 3.63) is 96.1 Å². The van der Waals surface area contributed by atoms with Crippen LogP contribution < -0.4 is 18.9 Å². The van der Waals surface area contributed by atoms with Crippen LogP contribution in [0, 0.1) is 6.92 Å². The molecule has 0 aliphatic rings. The van der Waals surface area contributed by atoms with Crippen molar-refractivity contribution in [3.63, 3.8) is 0 Å². The van der Waals surface area contributed by atoms with Crippen molar-refractivity contribution in [1.82, 2.24) is 0 Å². The third-order valence-electron chi connectivity index (χ3n) is 6.62. The molecule has 0 heterocycles. The Bertz CT molecular complexity index is 1510. The molecule has 0 aromatic heterocycles. The first kappa shape index (κ1) is 35.2. The molecule has 0 atom stereocenters. The summed E-state index contributed by atoms with van der Waals surface area (Å²) in [5, 5.41) is 0. The molecule has 0 saturated heterocycles. The van der Waals surface area contributed by atoms with Crippen molar-refractivity contribution < 1.29 is 47.7 Å². The van der Waals surface area contributed by atoms with E-state index in [1.54, 1.807) is 13.0 Å². The summed E-state index contributed by atoms with van der Waals surface area (Å²) < 4.78 is 26.5. The number of ether oxygens (including phenoxy) is 5. The summed E-state index contributed by atoms with van der Waals surface area (Å²) in [5.41, 5.74) is 1.09. The standard InChI is InChI=1S/C36H38O10/c1-4-6-8-11-33(38)43-29-19-15-27(16-20-29)36(41)46-31-22-21-30(24-25(31)3)45-35(40)26-13-17-28(18-14-26)44-34(39)12-9-7-10-23-42-32(37)5-2/h5,13-22,24H,2,4,6-12,23H2,1,3H3. The molecule has 3 aromatic carbocycles. The Balaban J connectivity index is 1.45. The minimum Gasteiger partial charge on any atom is -0.463 e. The van der Waals surface area contributed by atoms with Crippen LogP contribution in [0.15, 0.2) is 79.4 Å². The molecule has 3 aromatic rings. The lowest BCUT2D eigenvalue weighted by Gasteiger charge is -2.11. The van der Waals surface area contributed by atoms with E-state index in [4.69, 9.17) is 23.7 Å². The Kier molecular flexibility index (Phi) is 14.2. The van der Waals surface area contributed by atoms with E-state index in [1.807, 2.05) is 0 Å². The van der Waals surface area contributed by atoms with E-state index in [-0.39, 0.29) is 35.9 Å². The molecule has 0 radical (unpaired) electrons. The topological polar surface area (TPSA) is 132 Å². The van der Waals surface area contributed by atoms with Crippen molar-refractivity contribution in [1.29, 1.82) is 0 Å². The maximum Gasteiger partial charge on any atom is 0.343 e. The summed E-state index contributed by atoms with van der Waals surface area (Å²) in [7, 11) is 0. The van der Waals surface area contributed by atoms with Crippen LogP contribution >= 0.6 is 0 Å². The first-order valence-electron chi connectivity index (χ1n) is 15.1. The molecule has 0 unspecified atom stereocenters. The predicted molar refractivity (Wildman–Crippen MR) is 169 cm³/mol. The number of aryl methyl sites for hydroxylation is 1. The first-order valence-corrected chi connectivity index (χ1v) is 15.1. The third kappa shape index (κ3) is 12.0. The lowest BCUT2D eigenvalue weighted by atomic mass is 10.2. The molecule has 0 spiro atoms. The molecule has 10 heteroatoms. The van der Waals surface area contributed by atoms with E-state index < -0.39 is 23.9 Å². The quantitative estimate of drug-likeness (QED) is 0.0658. The van der Waals surface area contributed by atoms with E-state index >= 15 is 0 Å². The van der Waals surface area contributed by atoms with Crippen LogP contribution in [0.5, 0.6) is 23.0 Å². The Hall–Kier alpha value is -5.25. The van der Waals surface area contributed by atoms with Crippen LogP contribution in [0.3, 0.4) is 0 Å². The monoisotopic (exact) mass is 630 g/mol. The van der Waals surface area contributed by atoms with Crippen LogP contribution in [0.4, 0.5) is 0 Å². The normalized spacial score (nSPS) is 10.4. The zero-order chi connectivity index (χ0) is 33.3. The van der Waals surface area contributed by atoms with Gasteiger partial charge in [0.05, 0.1) is 17.7 Å². The zero-order valence-electron chi connectivity index (χ0n) is 26.1. The minimum absolute atomic E-state index is 0.201. The number of rotatable bonds is 17. The second-order valence-corrected chi connectivity index (χ2v) is 10.3. The van der Waals surface area contributed by atoms with Gasteiger partial charge in [0.15, 0.2) is 0 Å². The fraction of sp³-hybridized carbons (Fsp3) is 0.306. The van der Waals surface area contributed by atoms with Crippen LogP contribution in [0.25, 0.3) is 0 Å². The highest BCUT2D eigenvalue weighted by Gasteiger charge is 2.15. The Labute approximate surface area is 268 Å². The number of carbonyl (C=O) groups is 5. The lowest BCUT2D eigenvalue weighted by Crippen LogP contribution is -2.11. The fourth-order valence-corrected chi connectivity index (χ4v) is 4.11. The third-order valence-corrected chi connectivity index (χ3v) is 6.62. The van der Waals surface area contributed by atoms with Crippen molar-refractivity contribution in [2.24, 2.45) is 0 Å². The number of benzene rings is 3. The van der Waals surface area contributed by atoms with Crippen molar-refractivity contribution in [2.45, 2.75) is 65.2 Å². The Morgan fingerprint density at radius 3 is 1.67 bits per heavy atom. The molecule has 0 amide bonds. The molecule has 0 aliphatic heterocycles. The summed E-state index contributed by atoms with van der Waals surface area (Å²) in [6.45, 7) is 7.36. The van der Waals surface area contributed by atoms with Crippen LogP contribution in [-0.2, 0) is 19.1 Å². The van der Waals surface area contributed by atoms with E-state index in [0.717, 1.165) is 25.3 Å². The number of unbranched alkanes of at least 4 members (excludes halogenated alkanes) is 4. The molecule has 46 heavy (non-hydrogen) atoms. The lowest BCUT2D eigenvalue weighted by molar-refractivity contribution is -0.138. The van der Waals surface area contributed by atoms with Gasteiger partial charge in [0, 0.05) is 18.9 Å². The molecule has 10 nitrogen and oxygen atoms in total. The molecule has 0 fully saturated rings. The summed E-state index contributed by atoms with van der Waals surface area (Å²) in [4.78, 5) is 60.3. The molecule has 0 aliphatic carbocycles. The molecular formula is C36H38O10. The van der Waals surface area contributed by atoms with Gasteiger partial charge in [-0.2, -0.15) is 0 Å². The van der Waals surface area contributed by atoms with Crippen LogP contribution in [-0.4, -0.2) is 36.5 Å². The van der Waals surface area contributed by atoms with Crippen molar-refractivity contribution >= 4 is 29.8 Å². The number of esters is 5. The van der Waals surface area contributed by atoms with E-state index in [0.29, 0.717) is 48.5 Å². The van der Waals surface area contributed by atoms with Gasteiger partial charge in [-0.25, -0.2) is 14.4 Å². The highest BCUT2D eigenvalue weighted by atomic mass is 16.6. The van der Waals surface area contributed by atoms with E-state index in [2.05, 4.69) is 13.5 Å². The fourth-order valence-electron chi connectivity index (χ4n) is 4.11. The molecule has 0 bridgehead atoms. The number of hydrogen-bond donors (Lipinski definition) is 0. The molecular weight excluding hydrogens is 592 g/mol. The van der Waals surface area contributed by atoms with Gasteiger partial charge in [-0.15, -0.1) is 0 Å². The molecule has 0 saturated carbocycles. The average Bonchev–Trinajstić information content (AvgIpc) is 3.04. The maximum atomic E-state index is 12.7. The second kappa shape index (κ2) is 18.5. The smallest absolute Gasteiger partial charge is 0.343 e. The SMILES string of the molecule is C=CC(=O)OCCCCCC(=O)Oc1ccc(C(=O)Oc2ccc(OC(=O)c3ccc(OC(=O)CCCCC)cc3)c(C)c2)cc1. The van der Waals surface area contributed by atoms with Gasteiger partial charge in [-0.1, -0.05) is 26.3 Å². The molecule has 0 N–H and O–H groups in total. The molecule has 3 rings (SSSR count). The van der Waals surface area contributed by atoms with Crippen LogP contribution in [0.2, 0.25) is 0 Å². The second-order valence-electron chi connectivity index (χ2n) is 10.3. The summed E-state index contributed by atoms with van der Waals surface area (Å²) in [6.07, 6.45) is 6.29. The van der Waals surface area contributed by atoms with Gasteiger partial charge in [-0.3, -0.25) is 9.59 Å². The van der Waals surface area contributed by atoms with Gasteiger partial charge >= 0.3 is 29.8 Å². The van der Waals surface area contributed by atoms with Gasteiger partial charge in [0.25, 0.3) is 0 Å². The average molecular weight is 631 g/mol. The first-order chi connectivity index (χ1) is 22.2. The highest BCUT2D eigenvalue weighted by Crippen LogP contribution is 2.26. The largest absolute Gasteiger partial charge is 0.463 e. The van der Waals surface area contributed by atoms with Gasteiger partial charge in [0.2, 0.25) is 0 Å². The zero-order valence-corrected chi connectivity index (χ0v) is 26.1. The molecule has 242 valence electrons. The number of carbonyl (C=O) groups excluding carboxylic acids is 5. The Morgan fingerprint density at radius 2 is 1.15 bits per heavy atom. The Morgan fingerprint density at radius 1 is 0.630 bits per heavy atom. The van der Waals surface area contributed by atoms with Crippen molar-refractivity contribution in [3.8, 4) is 23.0 Å². The predicted octanol–water partition coefficient (Wildman–Crippen LogP) is 7.11. The van der Waals surface area contributed by atoms with Gasteiger partial charge < -0.3 is 23.7 Å². The minimum atomic E-state index is -0.620. The highest BCUT2D eigenvalue weighted by molar-refractivity contribution is 5.92. The number of hydrogen-bond acceptors (Lipinski definition) is 10. The van der Waals surface area contributed by atoms with Crippen LogP contribution in [0.1, 0.15) is 84.6 Å². The van der Waals surface area contributed by atoms with Gasteiger partial charge in [0.1, 0.15) is 23.0 Å². The van der Waals surface area contributed by atoms with E-state index in [9.17, 15) is 24.0 Å². The summed E-state index contributed by atoms with van der Waals surface area (Å²) >= 11 is 0. The van der Waals surface area contributed by atoms with Gasteiger partial charge in [-0.05, 0) is 105 Å². The van der Waals surface area contributed by atoms with E-state index in [1.165, 1.54) is 60.7 Å². The summed E-state index contributed by atoms with van der Waals surface area (Å²) in [5.74, 6) is -1.23. The maximum absolute atomic E-state index is 12.7. The summed E-state index contributed by atoms with van der Waals surface area (Å²) in [6, 6.07) is 16.7.